The average Bonchev–Trinajstić information content (AvgIpc) is 3.31. The van der Waals surface area contributed by atoms with Crippen molar-refractivity contribution in [2.75, 3.05) is 7.11 Å². The smallest absolute Gasteiger partial charge is 0.189 e. The van der Waals surface area contributed by atoms with Crippen LogP contribution < -0.4 is 15.3 Å². The number of hydrogen-bond acceptors (Lipinski definition) is 4. The van der Waals surface area contributed by atoms with Crippen LogP contribution in [0.4, 0.5) is 0 Å². The molecule has 5 nitrogen and oxygen atoms in total. The second-order valence-electron chi connectivity index (χ2n) is 12.1. The third-order valence-corrected chi connectivity index (χ3v) is 8.75. The van der Waals surface area contributed by atoms with Gasteiger partial charge >= 0.3 is 0 Å². The predicted molar refractivity (Wildman–Crippen MR) is 176 cm³/mol. The van der Waals surface area contributed by atoms with E-state index in [1.54, 1.807) is 30.4 Å². The monoisotopic (exact) mass is 575 g/mol. The Morgan fingerprint density at radius 1 is 1.00 bits per heavy atom. The van der Waals surface area contributed by atoms with Crippen LogP contribution in [0, 0.1) is 5.41 Å². The van der Waals surface area contributed by atoms with Gasteiger partial charge in [0.2, 0.25) is 0 Å². The summed E-state index contributed by atoms with van der Waals surface area (Å²) in [5, 5.41) is 13.5. The standard InChI is InChI=1S/C38H41NO4/c1-6-39-32-12-8-7-11-28(32)29-22-27(13-17-33(29)39)23-30(34(40)18-14-26-15-19-36(42)37(24-26)43-5)35(41)20-16-31-25(2)10-9-21-38(31,3)4/h11-20,22-24,42H,6-10,21H2,1-5H3/b18-14+,20-16+,30-23-. The van der Waals surface area contributed by atoms with Crippen molar-refractivity contribution in [3.8, 4) is 11.5 Å². The lowest BCUT2D eigenvalue weighted by atomic mass is 9.72. The zero-order valence-corrected chi connectivity index (χ0v) is 25.9. The molecule has 2 aliphatic carbocycles. The first-order chi connectivity index (χ1) is 20.6. The minimum Gasteiger partial charge on any atom is -0.504 e. The molecule has 0 aliphatic heterocycles. The van der Waals surface area contributed by atoms with Crippen molar-refractivity contribution in [2.45, 2.75) is 66.3 Å². The van der Waals surface area contributed by atoms with Crippen molar-refractivity contribution >= 4 is 46.8 Å². The van der Waals surface area contributed by atoms with E-state index in [0.717, 1.165) is 55.1 Å². The van der Waals surface area contributed by atoms with Gasteiger partial charge in [-0.05, 0) is 111 Å². The van der Waals surface area contributed by atoms with Crippen molar-refractivity contribution in [1.82, 2.24) is 4.57 Å². The predicted octanol–water partition coefficient (Wildman–Crippen LogP) is 7.05. The normalized spacial score (nSPS) is 16.8. The highest BCUT2D eigenvalue weighted by atomic mass is 16.5. The third-order valence-electron chi connectivity index (χ3n) is 8.75. The fourth-order valence-corrected chi connectivity index (χ4v) is 6.48. The van der Waals surface area contributed by atoms with E-state index in [0.29, 0.717) is 11.3 Å². The molecule has 1 N–H and O–H groups in total. The highest BCUT2D eigenvalue weighted by Crippen LogP contribution is 2.40. The van der Waals surface area contributed by atoms with E-state index in [9.17, 15) is 14.7 Å². The van der Waals surface area contributed by atoms with Gasteiger partial charge < -0.3 is 14.4 Å². The molecular weight excluding hydrogens is 534 g/mol. The molecule has 1 aromatic heterocycles. The minimum absolute atomic E-state index is 0.0189. The first kappa shape index (κ1) is 30.1. The highest BCUT2D eigenvalue weighted by molar-refractivity contribution is 6.30. The summed E-state index contributed by atoms with van der Waals surface area (Å²) in [6, 6.07) is 11.0. The molecule has 0 spiro atoms. The number of carbonyl (C=O) groups is 2. The summed E-state index contributed by atoms with van der Waals surface area (Å²) in [4.78, 5) is 27.4. The SMILES string of the molecule is CCn1c2c(c3cc(/C=C(\C(=O)/C=C/C4=C(C)CCCC4(C)C)C(=O)/C=C/c4ccc(O)c(OC)c4)ccc31)=CCCC=2. The van der Waals surface area contributed by atoms with Crippen LogP contribution in [0.25, 0.3) is 35.2 Å². The summed E-state index contributed by atoms with van der Waals surface area (Å²) in [6.07, 6.45) is 18.1. The Morgan fingerprint density at radius 3 is 2.44 bits per heavy atom. The molecule has 0 unspecified atom stereocenters. The van der Waals surface area contributed by atoms with Gasteiger partial charge in [-0.15, -0.1) is 0 Å². The van der Waals surface area contributed by atoms with Gasteiger partial charge in [-0.25, -0.2) is 0 Å². The Hall–Kier alpha value is -4.38. The summed E-state index contributed by atoms with van der Waals surface area (Å²) in [6.45, 7) is 9.58. The van der Waals surface area contributed by atoms with E-state index in [4.69, 9.17) is 4.74 Å². The fraction of sp³-hybridized carbons (Fsp3) is 0.316. The quantitative estimate of drug-likeness (QED) is 0.169. The number of hydrogen-bond donors (Lipinski definition) is 1. The number of aromatic nitrogens is 1. The number of rotatable bonds is 9. The van der Waals surface area contributed by atoms with Crippen LogP contribution in [-0.4, -0.2) is 28.3 Å². The van der Waals surface area contributed by atoms with E-state index in [1.165, 1.54) is 41.0 Å². The maximum Gasteiger partial charge on any atom is 0.189 e. The number of phenolic OH excluding ortho intramolecular Hbond substituents is 1. The molecule has 2 aliphatic rings. The number of ether oxygens (including phenoxy) is 1. The minimum atomic E-state index is -0.386. The average molecular weight is 576 g/mol. The lowest BCUT2D eigenvalue weighted by molar-refractivity contribution is -0.116. The van der Waals surface area contributed by atoms with Crippen LogP contribution in [0.5, 0.6) is 11.5 Å². The maximum atomic E-state index is 13.8. The van der Waals surface area contributed by atoms with E-state index in [1.807, 2.05) is 12.1 Å². The number of aryl methyl sites for hydroxylation is 1. The summed E-state index contributed by atoms with van der Waals surface area (Å²) in [7, 11) is 1.47. The van der Waals surface area contributed by atoms with Crippen LogP contribution in [0.1, 0.15) is 70.9 Å². The molecule has 5 heteroatoms. The molecule has 0 radical (unpaired) electrons. The molecule has 222 valence electrons. The van der Waals surface area contributed by atoms with E-state index in [2.05, 4.69) is 56.5 Å². The summed E-state index contributed by atoms with van der Waals surface area (Å²) in [5.74, 6) is -0.379. The van der Waals surface area contributed by atoms with Crippen molar-refractivity contribution in [1.29, 1.82) is 0 Å². The van der Waals surface area contributed by atoms with Gasteiger partial charge in [0.1, 0.15) is 0 Å². The van der Waals surface area contributed by atoms with Gasteiger partial charge in [0.25, 0.3) is 0 Å². The number of allylic oxidation sites excluding steroid dienone is 6. The number of benzene rings is 2. The Balaban J connectivity index is 1.57. The number of aromatic hydroxyl groups is 1. The molecular formula is C38H41NO4. The Kier molecular flexibility index (Phi) is 8.72. The number of carbonyl (C=O) groups excluding carboxylic acids is 2. The zero-order chi connectivity index (χ0) is 30.7. The Morgan fingerprint density at radius 2 is 1.72 bits per heavy atom. The van der Waals surface area contributed by atoms with Gasteiger partial charge in [-0.2, -0.15) is 0 Å². The molecule has 43 heavy (non-hydrogen) atoms. The number of nitrogens with zero attached hydrogens (tertiary/aromatic N) is 1. The molecule has 2 aromatic carbocycles. The van der Waals surface area contributed by atoms with Crippen molar-refractivity contribution < 1.29 is 19.4 Å². The first-order valence-electron chi connectivity index (χ1n) is 15.2. The van der Waals surface area contributed by atoms with Crippen LogP contribution in [0.15, 0.2) is 71.3 Å². The van der Waals surface area contributed by atoms with Crippen LogP contribution >= 0.6 is 0 Å². The molecule has 0 amide bonds. The summed E-state index contributed by atoms with van der Waals surface area (Å²) >= 11 is 0. The molecule has 0 fully saturated rings. The highest BCUT2D eigenvalue weighted by Gasteiger charge is 2.27. The third kappa shape index (κ3) is 6.22. The lowest BCUT2D eigenvalue weighted by Crippen LogP contribution is -2.30. The van der Waals surface area contributed by atoms with Gasteiger partial charge in [0, 0.05) is 28.0 Å². The van der Waals surface area contributed by atoms with Crippen LogP contribution in [0.2, 0.25) is 0 Å². The second kappa shape index (κ2) is 12.5. The molecule has 5 rings (SSSR count). The number of ketones is 2. The number of phenols is 1. The van der Waals surface area contributed by atoms with Crippen LogP contribution in [-0.2, 0) is 16.1 Å². The van der Waals surface area contributed by atoms with Crippen molar-refractivity contribution in [3.05, 3.63) is 93.0 Å². The largest absolute Gasteiger partial charge is 0.504 e. The van der Waals surface area contributed by atoms with Gasteiger partial charge in [0.05, 0.1) is 12.7 Å². The van der Waals surface area contributed by atoms with E-state index < -0.39 is 0 Å². The molecule has 3 aromatic rings. The molecule has 0 bridgehead atoms. The summed E-state index contributed by atoms with van der Waals surface area (Å²) < 4.78 is 7.53. The molecule has 0 saturated carbocycles. The zero-order valence-electron chi connectivity index (χ0n) is 25.9. The molecule has 1 heterocycles. The maximum absolute atomic E-state index is 13.8. The van der Waals surface area contributed by atoms with E-state index in [-0.39, 0.29) is 28.3 Å². The van der Waals surface area contributed by atoms with Gasteiger partial charge in [-0.1, -0.05) is 55.9 Å². The van der Waals surface area contributed by atoms with Gasteiger partial charge in [0.15, 0.2) is 23.1 Å². The van der Waals surface area contributed by atoms with Crippen molar-refractivity contribution in [3.63, 3.8) is 0 Å². The van der Waals surface area contributed by atoms with E-state index >= 15 is 0 Å². The van der Waals surface area contributed by atoms with Gasteiger partial charge in [-0.3, -0.25) is 9.59 Å². The Bertz CT molecular complexity index is 1840. The summed E-state index contributed by atoms with van der Waals surface area (Å²) in [5.41, 5.74) is 5.18. The lowest BCUT2D eigenvalue weighted by Gasteiger charge is -2.32. The fourth-order valence-electron chi connectivity index (χ4n) is 6.48. The van der Waals surface area contributed by atoms with Crippen LogP contribution in [0.3, 0.4) is 0 Å². The topological polar surface area (TPSA) is 68.5 Å². The molecule has 0 saturated heterocycles. The second-order valence-corrected chi connectivity index (χ2v) is 12.1. The Labute approximate surface area is 253 Å². The first-order valence-corrected chi connectivity index (χ1v) is 15.2. The van der Waals surface area contributed by atoms with Crippen molar-refractivity contribution in [2.24, 2.45) is 5.41 Å². The number of methoxy groups -OCH3 is 1. The molecule has 0 atom stereocenters. The number of fused-ring (bicyclic) bond motifs is 3.